The van der Waals surface area contributed by atoms with E-state index in [1.807, 2.05) is 0 Å². The predicted molar refractivity (Wildman–Crippen MR) is 87.5 cm³/mol. The van der Waals surface area contributed by atoms with Gasteiger partial charge in [0, 0.05) is 22.3 Å². The molecule has 0 aliphatic heterocycles. The zero-order valence-electron chi connectivity index (χ0n) is 12.5. The van der Waals surface area contributed by atoms with E-state index in [0.717, 1.165) is 23.4 Å². The minimum absolute atomic E-state index is 0.404. The van der Waals surface area contributed by atoms with Crippen LogP contribution in [0.15, 0.2) is 22.9 Å². The van der Waals surface area contributed by atoms with Gasteiger partial charge in [-0.25, -0.2) is 4.98 Å². The summed E-state index contributed by atoms with van der Waals surface area (Å²) in [7, 11) is 0. The molecule has 2 heterocycles. The molecule has 0 N–H and O–H groups in total. The van der Waals surface area contributed by atoms with Crippen LogP contribution in [0.5, 0.6) is 0 Å². The van der Waals surface area contributed by atoms with E-state index in [2.05, 4.69) is 45.7 Å². The van der Waals surface area contributed by atoms with Gasteiger partial charge in [0.1, 0.15) is 5.65 Å². The Hall–Kier alpha value is -0.830. The Labute approximate surface area is 134 Å². The van der Waals surface area contributed by atoms with Crippen molar-refractivity contribution in [3.8, 4) is 0 Å². The van der Waals surface area contributed by atoms with Gasteiger partial charge in [-0.2, -0.15) is 0 Å². The van der Waals surface area contributed by atoms with Gasteiger partial charge in [0.15, 0.2) is 0 Å². The van der Waals surface area contributed by atoms with Gasteiger partial charge >= 0.3 is 0 Å². The van der Waals surface area contributed by atoms with Crippen LogP contribution in [0.1, 0.15) is 49.8 Å². The highest BCUT2D eigenvalue weighted by Gasteiger charge is 2.52. The number of aryl methyl sites for hydroxylation is 1. The molecule has 0 amide bonds. The van der Waals surface area contributed by atoms with Crippen LogP contribution in [-0.2, 0) is 5.41 Å². The first-order valence-electron chi connectivity index (χ1n) is 8.27. The number of hydrogen-bond acceptors (Lipinski definition) is 1. The fraction of sp³-hybridized carbons (Fsp3) is 0.611. The third-order valence-corrected chi connectivity index (χ3v) is 7.15. The lowest BCUT2D eigenvalue weighted by Gasteiger charge is -2.56. The molecule has 0 spiro atoms. The molecule has 21 heavy (non-hydrogen) atoms. The van der Waals surface area contributed by atoms with E-state index >= 15 is 0 Å². The summed E-state index contributed by atoms with van der Waals surface area (Å²) in [4.78, 5) is 5.05. The number of rotatable bonds is 1. The molecule has 0 aromatic carbocycles. The van der Waals surface area contributed by atoms with Gasteiger partial charge in [0.05, 0.1) is 5.69 Å². The zero-order chi connectivity index (χ0) is 14.2. The third kappa shape index (κ3) is 1.79. The predicted octanol–water partition coefficient (Wildman–Crippen LogP) is 4.87. The maximum atomic E-state index is 5.05. The number of nitrogens with zero attached hydrogens (tertiary/aromatic N) is 2. The zero-order valence-corrected chi connectivity index (χ0v) is 14.1. The fourth-order valence-electron chi connectivity index (χ4n) is 5.78. The first-order valence-corrected chi connectivity index (χ1v) is 9.06. The Balaban J connectivity index is 1.63. The first-order chi connectivity index (χ1) is 10.1. The highest BCUT2D eigenvalue weighted by molar-refractivity contribution is 9.10. The second-order valence-electron chi connectivity index (χ2n) is 7.89. The largest absolute Gasteiger partial charge is 0.306 e. The summed E-state index contributed by atoms with van der Waals surface area (Å²) in [6.07, 6.45) is 13.1. The summed E-state index contributed by atoms with van der Waals surface area (Å²) in [5, 5.41) is 0. The number of aromatic nitrogens is 2. The van der Waals surface area contributed by atoms with Crippen LogP contribution in [0.2, 0.25) is 0 Å². The average Bonchev–Trinajstić information content (AvgIpc) is 2.81. The molecular weight excluding hydrogens is 324 g/mol. The SMILES string of the molecule is Cc1cc2nc(C34CC5CC(CC(C5)C3)C4)cn2cc1Br. The molecule has 4 aliphatic carbocycles. The molecule has 110 valence electrons. The Morgan fingerprint density at radius 3 is 2.33 bits per heavy atom. The van der Waals surface area contributed by atoms with Crippen molar-refractivity contribution >= 4 is 21.6 Å². The fourth-order valence-corrected chi connectivity index (χ4v) is 6.12. The third-order valence-electron chi connectivity index (χ3n) is 6.32. The van der Waals surface area contributed by atoms with Crippen molar-refractivity contribution in [3.63, 3.8) is 0 Å². The molecule has 0 atom stereocenters. The van der Waals surface area contributed by atoms with Crippen LogP contribution in [0.4, 0.5) is 0 Å². The van der Waals surface area contributed by atoms with Crippen molar-refractivity contribution in [3.05, 3.63) is 34.2 Å². The van der Waals surface area contributed by atoms with Crippen molar-refractivity contribution in [1.82, 2.24) is 9.38 Å². The Morgan fingerprint density at radius 2 is 1.71 bits per heavy atom. The molecule has 4 fully saturated rings. The van der Waals surface area contributed by atoms with E-state index in [-0.39, 0.29) is 0 Å². The molecule has 0 unspecified atom stereocenters. The Bertz CT molecular complexity index is 656. The van der Waals surface area contributed by atoms with Crippen molar-refractivity contribution in [2.75, 3.05) is 0 Å². The van der Waals surface area contributed by atoms with Crippen LogP contribution in [0, 0.1) is 24.7 Å². The minimum Gasteiger partial charge on any atom is -0.306 e. The number of fused-ring (bicyclic) bond motifs is 1. The summed E-state index contributed by atoms with van der Waals surface area (Å²) >= 11 is 3.64. The van der Waals surface area contributed by atoms with E-state index in [0.29, 0.717) is 5.41 Å². The van der Waals surface area contributed by atoms with Crippen LogP contribution in [-0.4, -0.2) is 9.38 Å². The van der Waals surface area contributed by atoms with Crippen molar-refractivity contribution in [1.29, 1.82) is 0 Å². The van der Waals surface area contributed by atoms with E-state index in [1.165, 1.54) is 54.3 Å². The van der Waals surface area contributed by atoms with Crippen LogP contribution < -0.4 is 0 Å². The second-order valence-corrected chi connectivity index (χ2v) is 8.75. The lowest BCUT2D eigenvalue weighted by Crippen LogP contribution is -2.48. The normalized spacial score (nSPS) is 37.5. The molecule has 0 saturated heterocycles. The molecule has 4 aliphatic rings. The van der Waals surface area contributed by atoms with Gasteiger partial charge in [0.25, 0.3) is 0 Å². The van der Waals surface area contributed by atoms with Crippen molar-refractivity contribution in [2.45, 2.75) is 50.9 Å². The van der Waals surface area contributed by atoms with Gasteiger partial charge in [-0.05, 0) is 90.8 Å². The topological polar surface area (TPSA) is 17.3 Å². The summed E-state index contributed by atoms with van der Waals surface area (Å²) in [5.74, 6) is 2.94. The first kappa shape index (κ1) is 12.7. The molecule has 6 rings (SSSR count). The lowest BCUT2D eigenvalue weighted by molar-refractivity contribution is -0.00697. The standard InChI is InChI=1S/C18H21BrN2/c1-11-2-17-20-16(10-21(17)9-15(11)19)18-6-12-3-13(7-18)5-14(4-12)8-18/h2,9-10,12-14H,3-8H2,1H3. The average molecular weight is 345 g/mol. The minimum atomic E-state index is 0.404. The van der Waals surface area contributed by atoms with E-state index in [1.54, 1.807) is 0 Å². The van der Waals surface area contributed by atoms with E-state index in [9.17, 15) is 0 Å². The van der Waals surface area contributed by atoms with Gasteiger partial charge in [-0.1, -0.05) is 0 Å². The number of hydrogen-bond donors (Lipinski definition) is 0. The van der Waals surface area contributed by atoms with Gasteiger partial charge in [0.2, 0.25) is 0 Å². The van der Waals surface area contributed by atoms with Crippen LogP contribution in [0.3, 0.4) is 0 Å². The van der Waals surface area contributed by atoms with Crippen LogP contribution >= 0.6 is 15.9 Å². The maximum absolute atomic E-state index is 5.05. The van der Waals surface area contributed by atoms with Crippen molar-refractivity contribution in [2.24, 2.45) is 17.8 Å². The number of halogens is 1. The highest BCUT2D eigenvalue weighted by atomic mass is 79.9. The molecular formula is C18H21BrN2. The van der Waals surface area contributed by atoms with Gasteiger partial charge in [-0.15, -0.1) is 0 Å². The summed E-state index contributed by atoms with van der Waals surface area (Å²) in [6.45, 7) is 2.14. The molecule has 4 bridgehead atoms. The van der Waals surface area contributed by atoms with E-state index < -0.39 is 0 Å². The summed E-state index contributed by atoms with van der Waals surface area (Å²) < 4.78 is 3.38. The highest BCUT2D eigenvalue weighted by Crippen LogP contribution is 2.60. The maximum Gasteiger partial charge on any atom is 0.137 e. The summed E-state index contributed by atoms with van der Waals surface area (Å²) in [6, 6.07) is 2.20. The second kappa shape index (κ2) is 4.13. The van der Waals surface area contributed by atoms with Gasteiger partial charge in [-0.3, -0.25) is 0 Å². The smallest absolute Gasteiger partial charge is 0.137 e. The number of pyridine rings is 1. The quantitative estimate of drug-likeness (QED) is 0.721. The molecule has 2 aromatic rings. The van der Waals surface area contributed by atoms with Crippen LogP contribution in [0.25, 0.3) is 5.65 Å². The Kier molecular flexibility index (Phi) is 2.49. The summed E-state index contributed by atoms with van der Waals surface area (Å²) in [5.41, 5.74) is 4.16. The molecule has 2 nitrogen and oxygen atoms in total. The van der Waals surface area contributed by atoms with Gasteiger partial charge < -0.3 is 4.40 Å². The van der Waals surface area contributed by atoms with E-state index in [4.69, 9.17) is 4.98 Å². The molecule has 4 saturated carbocycles. The Morgan fingerprint density at radius 1 is 1.10 bits per heavy atom. The molecule has 2 aromatic heterocycles. The lowest BCUT2D eigenvalue weighted by atomic mass is 9.49. The van der Waals surface area contributed by atoms with Crippen molar-refractivity contribution < 1.29 is 0 Å². The molecule has 0 radical (unpaired) electrons. The number of imidazole rings is 1. The monoisotopic (exact) mass is 344 g/mol. The molecule has 3 heteroatoms.